The molecule has 1 fully saturated rings. The van der Waals surface area contributed by atoms with E-state index in [4.69, 9.17) is 4.74 Å². The van der Waals surface area contributed by atoms with Crippen molar-refractivity contribution in [3.63, 3.8) is 0 Å². The van der Waals surface area contributed by atoms with Crippen LogP contribution in [0.5, 0.6) is 0 Å². The molecular weight excluding hydrogens is 302 g/mol. The number of piperidine rings is 1. The Labute approximate surface area is 133 Å². The smallest absolute Gasteiger partial charge is 0.410 e. The van der Waals surface area contributed by atoms with Crippen LogP contribution in [0.1, 0.15) is 39.3 Å². The molecule has 22 heavy (non-hydrogen) atoms. The number of likely N-dealkylation sites (tertiary alicyclic amines) is 1. The minimum atomic E-state index is -1.31. The molecule has 6 nitrogen and oxygen atoms in total. The zero-order valence-corrected chi connectivity index (χ0v) is 14.4. The molecule has 0 aromatic carbocycles. The third-order valence-corrected chi connectivity index (χ3v) is 4.83. The van der Waals surface area contributed by atoms with Crippen LogP contribution in [0, 0.1) is 6.92 Å². The van der Waals surface area contributed by atoms with Crippen LogP contribution in [0.3, 0.4) is 0 Å². The van der Waals surface area contributed by atoms with E-state index in [1.807, 2.05) is 27.7 Å². The van der Waals surface area contributed by atoms with E-state index < -0.39 is 16.4 Å². The number of ether oxygens (including phenoxy) is 1. The van der Waals surface area contributed by atoms with Gasteiger partial charge in [-0.3, -0.25) is 4.21 Å². The van der Waals surface area contributed by atoms with Gasteiger partial charge in [0.25, 0.3) is 0 Å². The lowest BCUT2D eigenvalue weighted by molar-refractivity contribution is 0.0219. The molecule has 1 aromatic rings. The van der Waals surface area contributed by atoms with Crippen molar-refractivity contribution in [2.45, 2.75) is 56.5 Å². The molecule has 0 unspecified atom stereocenters. The second-order valence-electron chi connectivity index (χ2n) is 6.47. The Morgan fingerprint density at radius 2 is 2.18 bits per heavy atom. The van der Waals surface area contributed by atoms with Gasteiger partial charge in [0.1, 0.15) is 5.60 Å². The summed E-state index contributed by atoms with van der Waals surface area (Å²) in [4.78, 5) is 22.1. The normalized spacial score (nSPS) is 20.5. The molecular formula is C15H23N3O3S. The highest BCUT2D eigenvalue weighted by Gasteiger charge is 2.31. The summed E-state index contributed by atoms with van der Waals surface area (Å²) >= 11 is 0. The lowest BCUT2D eigenvalue weighted by Crippen LogP contribution is -2.46. The fraction of sp³-hybridized carbons (Fsp3) is 0.667. The van der Waals surface area contributed by atoms with Gasteiger partial charge in [-0.25, -0.2) is 14.8 Å². The summed E-state index contributed by atoms with van der Waals surface area (Å²) < 4.78 is 18.0. The van der Waals surface area contributed by atoms with Gasteiger partial charge < -0.3 is 9.64 Å². The van der Waals surface area contributed by atoms with Gasteiger partial charge in [-0.1, -0.05) is 0 Å². The SMILES string of the molecule is Cc1ccnc([S@@](=O)[C@H]2CCCN(C(=O)OC(C)(C)C)C2)n1. The van der Waals surface area contributed by atoms with Crippen LogP contribution in [0.2, 0.25) is 0 Å². The van der Waals surface area contributed by atoms with E-state index in [0.29, 0.717) is 18.2 Å². The first-order valence-corrected chi connectivity index (χ1v) is 8.66. The number of amides is 1. The predicted octanol–water partition coefficient (Wildman–Crippen LogP) is 2.29. The molecule has 7 heteroatoms. The van der Waals surface area contributed by atoms with Crippen molar-refractivity contribution < 1.29 is 13.7 Å². The molecule has 0 saturated carbocycles. The van der Waals surface area contributed by atoms with E-state index in [-0.39, 0.29) is 11.3 Å². The summed E-state index contributed by atoms with van der Waals surface area (Å²) in [6.45, 7) is 8.41. The summed E-state index contributed by atoms with van der Waals surface area (Å²) in [5.41, 5.74) is 0.265. The average molecular weight is 325 g/mol. The van der Waals surface area contributed by atoms with Crippen molar-refractivity contribution in [2.75, 3.05) is 13.1 Å². The molecule has 0 spiro atoms. The molecule has 0 radical (unpaired) electrons. The van der Waals surface area contributed by atoms with Crippen LogP contribution in [0.25, 0.3) is 0 Å². The third kappa shape index (κ3) is 4.50. The molecule has 1 aromatic heterocycles. The first-order chi connectivity index (χ1) is 10.3. The lowest BCUT2D eigenvalue weighted by atomic mass is 10.1. The Morgan fingerprint density at radius 1 is 1.45 bits per heavy atom. The summed E-state index contributed by atoms with van der Waals surface area (Å²) in [6.07, 6.45) is 2.87. The second kappa shape index (κ2) is 6.73. The van der Waals surface area contributed by atoms with Crippen molar-refractivity contribution in [3.8, 4) is 0 Å². The summed E-state index contributed by atoms with van der Waals surface area (Å²) in [7, 11) is -1.31. The highest BCUT2D eigenvalue weighted by atomic mass is 32.2. The van der Waals surface area contributed by atoms with Crippen molar-refractivity contribution in [3.05, 3.63) is 18.0 Å². The third-order valence-electron chi connectivity index (χ3n) is 3.29. The van der Waals surface area contributed by atoms with Gasteiger partial charge in [-0.2, -0.15) is 0 Å². The van der Waals surface area contributed by atoms with Crippen LogP contribution in [0.4, 0.5) is 4.79 Å². The van der Waals surface area contributed by atoms with Crippen LogP contribution >= 0.6 is 0 Å². The Balaban J connectivity index is 2.04. The number of aryl methyl sites for hydroxylation is 1. The van der Waals surface area contributed by atoms with Gasteiger partial charge in [0.15, 0.2) is 0 Å². The maximum Gasteiger partial charge on any atom is 0.410 e. The maximum absolute atomic E-state index is 12.6. The van der Waals surface area contributed by atoms with Crippen LogP contribution in [-0.4, -0.2) is 49.1 Å². The largest absolute Gasteiger partial charge is 0.444 e. The van der Waals surface area contributed by atoms with Crippen LogP contribution < -0.4 is 0 Å². The number of rotatable bonds is 2. The standard InChI is InChI=1S/C15H23N3O3S/c1-11-7-8-16-13(17-11)22(20)12-6-5-9-18(10-12)14(19)21-15(2,3)4/h7-8,12H,5-6,9-10H2,1-4H3/t12-,22-/m0/s1. The monoisotopic (exact) mass is 325 g/mol. The van der Waals surface area contributed by atoms with E-state index >= 15 is 0 Å². The number of aromatic nitrogens is 2. The van der Waals surface area contributed by atoms with Crippen molar-refractivity contribution >= 4 is 16.9 Å². The molecule has 1 aliphatic rings. The zero-order valence-electron chi connectivity index (χ0n) is 13.5. The van der Waals surface area contributed by atoms with Crippen molar-refractivity contribution in [1.29, 1.82) is 0 Å². The second-order valence-corrected chi connectivity index (χ2v) is 8.10. The first-order valence-electron chi connectivity index (χ1n) is 7.44. The Kier molecular flexibility index (Phi) is 5.16. The minimum absolute atomic E-state index is 0.150. The van der Waals surface area contributed by atoms with E-state index in [9.17, 15) is 9.00 Å². The molecule has 122 valence electrons. The first kappa shape index (κ1) is 16.9. The molecule has 0 N–H and O–H groups in total. The number of nitrogens with zero attached hydrogens (tertiary/aromatic N) is 3. The molecule has 2 atom stereocenters. The van der Waals surface area contributed by atoms with E-state index in [2.05, 4.69) is 9.97 Å². The summed E-state index contributed by atoms with van der Waals surface area (Å²) in [5.74, 6) is 0. The zero-order chi connectivity index (χ0) is 16.3. The molecule has 1 aliphatic heterocycles. The van der Waals surface area contributed by atoms with Crippen molar-refractivity contribution in [2.24, 2.45) is 0 Å². The molecule has 1 saturated heterocycles. The molecule has 0 bridgehead atoms. The summed E-state index contributed by atoms with van der Waals surface area (Å²) in [6, 6.07) is 1.77. The van der Waals surface area contributed by atoms with Gasteiger partial charge in [-0.15, -0.1) is 0 Å². The Bertz CT molecular complexity index is 571. The molecule has 2 heterocycles. The molecule has 1 amide bonds. The van der Waals surface area contributed by atoms with Crippen molar-refractivity contribution in [1.82, 2.24) is 14.9 Å². The van der Waals surface area contributed by atoms with Crippen LogP contribution in [0.15, 0.2) is 17.4 Å². The van der Waals surface area contributed by atoms with E-state index in [1.54, 1.807) is 17.2 Å². The quantitative estimate of drug-likeness (QED) is 0.780. The van der Waals surface area contributed by atoms with E-state index in [0.717, 1.165) is 18.5 Å². The summed E-state index contributed by atoms with van der Waals surface area (Å²) in [5, 5.41) is 0.194. The number of hydrogen-bond acceptors (Lipinski definition) is 5. The van der Waals surface area contributed by atoms with Crippen LogP contribution in [-0.2, 0) is 15.5 Å². The predicted molar refractivity (Wildman–Crippen MR) is 84.0 cm³/mol. The number of hydrogen-bond donors (Lipinski definition) is 0. The molecule has 0 aliphatic carbocycles. The average Bonchev–Trinajstić information content (AvgIpc) is 2.45. The van der Waals surface area contributed by atoms with Gasteiger partial charge >= 0.3 is 6.09 Å². The highest BCUT2D eigenvalue weighted by Crippen LogP contribution is 2.20. The number of carbonyl (C=O) groups is 1. The Hall–Kier alpha value is -1.50. The minimum Gasteiger partial charge on any atom is -0.444 e. The number of carbonyl (C=O) groups excluding carboxylic acids is 1. The van der Waals surface area contributed by atoms with Gasteiger partial charge in [0.05, 0.1) is 16.0 Å². The maximum atomic E-state index is 12.6. The van der Waals surface area contributed by atoms with Gasteiger partial charge in [0, 0.05) is 25.0 Å². The Morgan fingerprint density at radius 3 is 2.82 bits per heavy atom. The topological polar surface area (TPSA) is 72.4 Å². The highest BCUT2D eigenvalue weighted by molar-refractivity contribution is 7.85. The van der Waals surface area contributed by atoms with Gasteiger partial charge in [-0.05, 0) is 46.6 Å². The molecule has 2 rings (SSSR count). The fourth-order valence-corrected chi connectivity index (χ4v) is 3.67. The van der Waals surface area contributed by atoms with Gasteiger partial charge in [0.2, 0.25) is 5.16 Å². The lowest BCUT2D eigenvalue weighted by Gasteiger charge is -2.33. The van der Waals surface area contributed by atoms with E-state index in [1.165, 1.54) is 0 Å². The fourth-order valence-electron chi connectivity index (χ4n) is 2.28.